The van der Waals surface area contributed by atoms with Crippen LogP contribution >= 0.6 is 0 Å². The fourth-order valence-electron chi connectivity index (χ4n) is 6.19. The van der Waals surface area contributed by atoms with Crippen molar-refractivity contribution in [2.24, 2.45) is 4.99 Å². The van der Waals surface area contributed by atoms with E-state index in [2.05, 4.69) is 4.99 Å². The summed E-state index contributed by atoms with van der Waals surface area (Å²) in [5, 5.41) is 9.61. The standard InChI is InChI=1S/C37H22F6N4/c1-3-19(2)30-28-16-22(20-6-4-8-24(14-20)36(38,39)40)10-12-26(28)32-34(30)46-33-27-13-11-23(17-29(27)31(45-18-44)35(33)47-32)21-7-5-9-25(15-21)37(41,42)43/h4-17H,3H2,1-2H3/b30-19-,45-31?. The normalized spacial score (nSPS) is 15.2. The van der Waals surface area contributed by atoms with Gasteiger partial charge in [0.25, 0.3) is 0 Å². The maximum Gasteiger partial charge on any atom is 0.416 e. The fraction of sp³-hybridized carbons (Fsp3) is 0.135. The van der Waals surface area contributed by atoms with E-state index in [1.807, 2.05) is 32.2 Å². The number of fused-ring (bicyclic) bond motifs is 6. The van der Waals surface area contributed by atoms with Crippen LogP contribution in [0.2, 0.25) is 0 Å². The van der Waals surface area contributed by atoms with Gasteiger partial charge in [0, 0.05) is 22.3 Å². The van der Waals surface area contributed by atoms with Gasteiger partial charge in [0.2, 0.25) is 6.19 Å². The fourth-order valence-corrected chi connectivity index (χ4v) is 6.19. The molecule has 0 fully saturated rings. The molecule has 0 bridgehead atoms. The lowest BCUT2D eigenvalue weighted by Gasteiger charge is -2.11. The van der Waals surface area contributed by atoms with E-state index < -0.39 is 23.5 Å². The summed E-state index contributed by atoms with van der Waals surface area (Å²) in [6.07, 6.45) is -6.48. The number of aliphatic imine (C=N–C) groups is 1. The van der Waals surface area contributed by atoms with Gasteiger partial charge in [0.15, 0.2) is 0 Å². The number of hydrogen-bond donors (Lipinski definition) is 0. The molecule has 0 saturated carbocycles. The van der Waals surface area contributed by atoms with E-state index in [0.29, 0.717) is 62.6 Å². The Kier molecular flexibility index (Phi) is 6.90. The Balaban J connectivity index is 1.37. The molecular weight excluding hydrogens is 614 g/mol. The van der Waals surface area contributed by atoms with Crippen molar-refractivity contribution in [2.75, 3.05) is 0 Å². The summed E-state index contributed by atoms with van der Waals surface area (Å²) in [5.41, 5.74) is 7.16. The molecule has 232 valence electrons. The van der Waals surface area contributed by atoms with Crippen LogP contribution in [0.3, 0.4) is 0 Å². The first kappa shape index (κ1) is 30.1. The van der Waals surface area contributed by atoms with Crippen LogP contribution in [0.15, 0.2) is 95.5 Å². The zero-order chi connectivity index (χ0) is 33.2. The minimum absolute atomic E-state index is 0.258. The molecule has 5 aromatic rings. The second-order valence-electron chi connectivity index (χ2n) is 11.4. The summed E-state index contributed by atoms with van der Waals surface area (Å²) in [5.74, 6) is 0. The first-order valence-corrected chi connectivity index (χ1v) is 14.6. The average molecular weight is 637 g/mol. The predicted octanol–water partition coefficient (Wildman–Crippen LogP) is 10.4. The highest BCUT2D eigenvalue weighted by molar-refractivity contribution is 6.24. The van der Waals surface area contributed by atoms with Crippen molar-refractivity contribution < 1.29 is 26.3 Å². The van der Waals surface area contributed by atoms with Crippen LogP contribution in [-0.4, -0.2) is 15.7 Å². The molecule has 7 rings (SSSR count). The van der Waals surface area contributed by atoms with Crippen LogP contribution in [0.1, 0.15) is 53.9 Å². The van der Waals surface area contributed by atoms with E-state index in [0.717, 1.165) is 46.5 Å². The van der Waals surface area contributed by atoms with Gasteiger partial charge in [-0.1, -0.05) is 61.0 Å². The Morgan fingerprint density at radius 1 is 0.638 bits per heavy atom. The molecule has 10 heteroatoms. The topological polar surface area (TPSA) is 61.9 Å². The van der Waals surface area contributed by atoms with Gasteiger partial charge in [0.1, 0.15) is 11.4 Å². The maximum absolute atomic E-state index is 13.5. The Hall–Kier alpha value is -5.56. The Labute approximate surface area is 265 Å². The Morgan fingerprint density at radius 2 is 1.13 bits per heavy atom. The molecular formula is C37H22F6N4. The van der Waals surface area contributed by atoms with E-state index in [1.165, 1.54) is 12.1 Å². The van der Waals surface area contributed by atoms with Gasteiger partial charge in [-0.05, 0) is 77.6 Å². The molecule has 0 amide bonds. The Bertz CT molecular complexity index is 2240. The summed E-state index contributed by atoms with van der Waals surface area (Å²) in [7, 11) is 0. The minimum Gasteiger partial charge on any atom is -0.243 e. The summed E-state index contributed by atoms with van der Waals surface area (Å²) in [6.45, 7) is 3.97. The Morgan fingerprint density at radius 3 is 1.66 bits per heavy atom. The molecule has 0 radical (unpaired) electrons. The molecule has 1 heterocycles. The third-order valence-corrected chi connectivity index (χ3v) is 8.60. The van der Waals surface area contributed by atoms with Crippen molar-refractivity contribution in [2.45, 2.75) is 32.6 Å². The van der Waals surface area contributed by atoms with Crippen LogP contribution in [0.25, 0.3) is 50.3 Å². The number of nitriles is 1. The molecule has 2 aliphatic carbocycles. The van der Waals surface area contributed by atoms with Crippen molar-refractivity contribution in [3.05, 3.63) is 124 Å². The molecule has 0 N–H and O–H groups in total. The number of rotatable bonds is 3. The van der Waals surface area contributed by atoms with Gasteiger partial charge in [-0.2, -0.15) is 36.6 Å². The molecule has 47 heavy (non-hydrogen) atoms. The van der Waals surface area contributed by atoms with E-state index >= 15 is 0 Å². The lowest BCUT2D eigenvalue weighted by Crippen LogP contribution is -2.05. The van der Waals surface area contributed by atoms with E-state index in [4.69, 9.17) is 9.97 Å². The lowest BCUT2D eigenvalue weighted by molar-refractivity contribution is -0.138. The monoisotopic (exact) mass is 636 g/mol. The van der Waals surface area contributed by atoms with Crippen LogP contribution < -0.4 is 0 Å². The zero-order valence-corrected chi connectivity index (χ0v) is 24.8. The largest absolute Gasteiger partial charge is 0.416 e. The highest BCUT2D eigenvalue weighted by atomic mass is 19.4. The summed E-state index contributed by atoms with van der Waals surface area (Å²) in [4.78, 5) is 14.1. The molecule has 0 atom stereocenters. The first-order chi connectivity index (χ1) is 22.4. The number of hydrogen-bond acceptors (Lipinski definition) is 4. The molecule has 0 aliphatic heterocycles. The number of aromatic nitrogens is 2. The lowest BCUT2D eigenvalue weighted by atomic mass is 9.95. The van der Waals surface area contributed by atoms with E-state index in [-0.39, 0.29) is 5.71 Å². The van der Waals surface area contributed by atoms with E-state index in [1.54, 1.807) is 36.4 Å². The number of allylic oxidation sites excluding steroid dienone is 1. The highest BCUT2D eigenvalue weighted by Crippen LogP contribution is 2.49. The van der Waals surface area contributed by atoms with Gasteiger partial charge < -0.3 is 0 Å². The number of nitrogens with zero attached hydrogens (tertiary/aromatic N) is 4. The third-order valence-electron chi connectivity index (χ3n) is 8.60. The molecule has 1 aromatic heterocycles. The quantitative estimate of drug-likeness (QED) is 0.143. The van der Waals surface area contributed by atoms with Gasteiger partial charge in [-0.3, -0.25) is 0 Å². The minimum atomic E-state index is -4.50. The molecule has 0 saturated heterocycles. The second kappa shape index (κ2) is 10.8. The van der Waals surface area contributed by atoms with Crippen LogP contribution in [-0.2, 0) is 12.4 Å². The highest BCUT2D eigenvalue weighted by Gasteiger charge is 2.36. The third kappa shape index (κ3) is 4.99. The molecule has 0 spiro atoms. The van der Waals surface area contributed by atoms with Crippen molar-refractivity contribution in [1.82, 2.24) is 9.97 Å². The number of alkyl halides is 6. The van der Waals surface area contributed by atoms with Gasteiger partial charge in [-0.25, -0.2) is 9.97 Å². The summed E-state index contributed by atoms with van der Waals surface area (Å²) >= 11 is 0. The predicted molar refractivity (Wildman–Crippen MR) is 167 cm³/mol. The van der Waals surface area contributed by atoms with Crippen LogP contribution in [0, 0.1) is 11.5 Å². The number of halogens is 6. The smallest absolute Gasteiger partial charge is 0.243 e. The van der Waals surface area contributed by atoms with Gasteiger partial charge >= 0.3 is 12.4 Å². The van der Waals surface area contributed by atoms with Crippen LogP contribution in [0.4, 0.5) is 26.3 Å². The first-order valence-electron chi connectivity index (χ1n) is 14.6. The van der Waals surface area contributed by atoms with Crippen LogP contribution in [0.5, 0.6) is 0 Å². The summed E-state index contributed by atoms with van der Waals surface area (Å²) < 4.78 is 80.7. The van der Waals surface area contributed by atoms with Gasteiger partial charge in [0.05, 0.1) is 28.2 Å². The molecule has 2 aliphatic rings. The van der Waals surface area contributed by atoms with Gasteiger partial charge in [-0.15, -0.1) is 0 Å². The molecule has 4 aromatic carbocycles. The van der Waals surface area contributed by atoms with Crippen molar-refractivity contribution in [1.29, 1.82) is 5.26 Å². The van der Waals surface area contributed by atoms with Crippen molar-refractivity contribution in [3.63, 3.8) is 0 Å². The SMILES string of the molecule is CC/C(C)=C1/c2cc(-c3cccc(C(F)(F)F)c3)ccc2-c2nc3c(nc21)-c1ccc(-c2cccc(C(F)(F)F)c2)cc1C3=NC#N. The van der Waals surface area contributed by atoms with E-state index in [9.17, 15) is 31.6 Å². The van der Waals surface area contributed by atoms with Crippen molar-refractivity contribution in [3.8, 4) is 51.0 Å². The maximum atomic E-state index is 13.5. The molecule has 0 unspecified atom stereocenters. The number of benzene rings is 4. The summed E-state index contributed by atoms with van der Waals surface area (Å²) in [6, 6.07) is 20.7. The zero-order valence-electron chi connectivity index (χ0n) is 24.8. The second-order valence-corrected chi connectivity index (χ2v) is 11.4. The molecule has 4 nitrogen and oxygen atoms in total. The average Bonchev–Trinajstić information content (AvgIpc) is 3.53. The van der Waals surface area contributed by atoms with Crippen molar-refractivity contribution >= 4 is 11.3 Å².